The van der Waals surface area contributed by atoms with Gasteiger partial charge in [-0.3, -0.25) is 9.59 Å². The number of halogens is 1. The fraction of sp³-hybridized carbons (Fsp3) is 0.300. The average molecular weight is 375 g/mol. The number of nitrogens with one attached hydrogen (secondary N) is 1. The molecule has 0 radical (unpaired) electrons. The van der Waals surface area contributed by atoms with Crippen LogP contribution < -0.4 is 10.1 Å². The van der Waals surface area contributed by atoms with Crippen molar-refractivity contribution in [2.75, 3.05) is 25.5 Å². The molecule has 138 valence electrons. The Bertz CT molecular complexity index is 821. The van der Waals surface area contributed by atoms with Gasteiger partial charge >= 0.3 is 0 Å². The van der Waals surface area contributed by atoms with Crippen LogP contribution in [-0.2, 0) is 9.59 Å². The number of aryl methyl sites for hydroxylation is 2. The first-order valence-electron chi connectivity index (χ1n) is 8.27. The summed E-state index contributed by atoms with van der Waals surface area (Å²) in [7, 11) is 1.57. The van der Waals surface area contributed by atoms with Crippen LogP contribution >= 0.6 is 11.6 Å². The summed E-state index contributed by atoms with van der Waals surface area (Å²) >= 11 is 5.90. The van der Waals surface area contributed by atoms with Gasteiger partial charge in [0, 0.05) is 17.8 Å². The van der Waals surface area contributed by atoms with Crippen molar-refractivity contribution < 1.29 is 14.3 Å². The highest BCUT2D eigenvalue weighted by Crippen LogP contribution is 2.21. The van der Waals surface area contributed by atoms with Crippen molar-refractivity contribution >= 4 is 29.1 Å². The van der Waals surface area contributed by atoms with Gasteiger partial charge in [-0.2, -0.15) is 0 Å². The van der Waals surface area contributed by atoms with E-state index in [0.717, 1.165) is 22.4 Å². The topological polar surface area (TPSA) is 58.6 Å². The Morgan fingerprint density at radius 3 is 2.54 bits per heavy atom. The van der Waals surface area contributed by atoms with E-state index in [1.165, 1.54) is 4.90 Å². The molecule has 0 atom stereocenters. The Balaban J connectivity index is 1.88. The number of rotatable bonds is 6. The van der Waals surface area contributed by atoms with Crippen LogP contribution in [0.3, 0.4) is 0 Å². The van der Waals surface area contributed by atoms with Crippen molar-refractivity contribution in [3.63, 3.8) is 0 Å². The van der Waals surface area contributed by atoms with Gasteiger partial charge in [-0.25, -0.2) is 0 Å². The lowest BCUT2D eigenvalue weighted by molar-refractivity contribution is -0.135. The van der Waals surface area contributed by atoms with Crippen molar-refractivity contribution in [2.45, 2.75) is 20.8 Å². The zero-order chi connectivity index (χ0) is 19.3. The van der Waals surface area contributed by atoms with Crippen molar-refractivity contribution in [1.29, 1.82) is 0 Å². The van der Waals surface area contributed by atoms with Crippen LogP contribution in [0, 0.1) is 20.8 Å². The smallest absolute Gasteiger partial charge is 0.260 e. The molecule has 0 heterocycles. The second kappa shape index (κ2) is 8.72. The normalized spacial score (nSPS) is 10.3. The minimum Gasteiger partial charge on any atom is -0.483 e. The lowest BCUT2D eigenvalue weighted by Crippen LogP contribution is -2.37. The zero-order valence-electron chi connectivity index (χ0n) is 15.4. The predicted molar refractivity (Wildman–Crippen MR) is 104 cm³/mol. The van der Waals surface area contributed by atoms with Gasteiger partial charge in [-0.1, -0.05) is 23.7 Å². The maximum atomic E-state index is 12.2. The average Bonchev–Trinajstić information content (AvgIpc) is 2.57. The Morgan fingerprint density at radius 1 is 1.12 bits per heavy atom. The molecule has 0 spiro atoms. The van der Waals surface area contributed by atoms with E-state index >= 15 is 0 Å². The molecule has 0 aromatic heterocycles. The highest BCUT2D eigenvalue weighted by atomic mass is 35.5. The van der Waals surface area contributed by atoms with Crippen LogP contribution in [0.1, 0.15) is 16.7 Å². The van der Waals surface area contributed by atoms with Crippen molar-refractivity contribution in [1.82, 2.24) is 4.90 Å². The second-order valence-electron chi connectivity index (χ2n) is 6.24. The maximum absolute atomic E-state index is 12.2. The van der Waals surface area contributed by atoms with Crippen LogP contribution in [0.4, 0.5) is 5.69 Å². The first kappa shape index (κ1) is 19.8. The molecular weight excluding hydrogens is 352 g/mol. The van der Waals surface area contributed by atoms with Crippen LogP contribution in [0.25, 0.3) is 0 Å². The molecule has 0 unspecified atom stereocenters. The van der Waals surface area contributed by atoms with Crippen LogP contribution in [-0.4, -0.2) is 36.9 Å². The van der Waals surface area contributed by atoms with Crippen molar-refractivity contribution in [3.8, 4) is 5.75 Å². The van der Waals surface area contributed by atoms with Gasteiger partial charge < -0.3 is 15.0 Å². The van der Waals surface area contributed by atoms with E-state index in [2.05, 4.69) is 5.32 Å². The molecule has 5 nitrogen and oxygen atoms in total. The first-order valence-corrected chi connectivity index (χ1v) is 8.64. The number of carbonyl (C=O) groups excluding carboxylic acids is 2. The third-order valence-electron chi connectivity index (χ3n) is 4.17. The second-order valence-corrected chi connectivity index (χ2v) is 6.68. The molecule has 2 aromatic rings. The molecule has 0 saturated heterocycles. The van der Waals surface area contributed by atoms with Crippen molar-refractivity contribution in [2.24, 2.45) is 0 Å². The highest BCUT2D eigenvalue weighted by molar-refractivity contribution is 6.30. The molecule has 26 heavy (non-hydrogen) atoms. The van der Waals surface area contributed by atoms with Gasteiger partial charge in [0.25, 0.3) is 5.91 Å². The largest absolute Gasteiger partial charge is 0.483 e. The summed E-state index contributed by atoms with van der Waals surface area (Å²) in [5.41, 5.74) is 3.71. The van der Waals surface area contributed by atoms with Gasteiger partial charge in [0.15, 0.2) is 6.61 Å². The molecule has 0 bridgehead atoms. The molecule has 0 aliphatic heterocycles. The summed E-state index contributed by atoms with van der Waals surface area (Å²) in [6.07, 6.45) is 0. The van der Waals surface area contributed by atoms with Crippen LogP contribution in [0.15, 0.2) is 36.4 Å². The number of nitrogens with zero attached hydrogens (tertiary/aromatic N) is 1. The maximum Gasteiger partial charge on any atom is 0.260 e. The fourth-order valence-electron chi connectivity index (χ4n) is 2.40. The van der Waals surface area contributed by atoms with Gasteiger partial charge in [0.05, 0.1) is 6.54 Å². The third-order valence-corrected chi connectivity index (χ3v) is 4.41. The van der Waals surface area contributed by atoms with Gasteiger partial charge in [-0.05, 0) is 61.7 Å². The number of hydrogen-bond donors (Lipinski definition) is 1. The third kappa shape index (κ3) is 5.23. The standard InChI is InChI=1S/C20H23ClN2O3/c1-13-6-5-7-17(15(13)3)22-19(24)11-23(4)20(25)12-26-18-9-8-16(21)10-14(18)2/h5-10H,11-12H2,1-4H3,(H,22,24). The molecule has 2 amide bonds. The summed E-state index contributed by atoms with van der Waals surface area (Å²) in [5.74, 6) is 0.0590. The Hall–Kier alpha value is -2.53. The molecule has 0 aliphatic rings. The van der Waals surface area contributed by atoms with Gasteiger partial charge in [0.1, 0.15) is 5.75 Å². The highest BCUT2D eigenvalue weighted by Gasteiger charge is 2.15. The Kier molecular flexibility index (Phi) is 6.64. The van der Waals surface area contributed by atoms with E-state index < -0.39 is 0 Å². The quantitative estimate of drug-likeness (QED) is 0.837. The van der Waals surface area contributed by atoms with E-state index in [9.17, 15) is 9.59 Å². The van der Waals surface area contributed by atoms with E-state index in [0.29, 0.717) is 10.8 Å². The zero-order valence-corrected chi connectivity index (χ0v) is 16.2. The lowest BCUT2D eigenvalue weighted by Gasteiger charge is -2.18. The molecule has 6 heteroatoms. The fourth-order valence-corrected chi connectivity index (χ4v) is 2.63. The molecule has 0 fully saturated rings. The monoisotopic (exact) mass is 374 g/mol. The number of amides is 2. The molecule has 0 aliphatic carbocycles. The van der Waals surface area contributed by atoms with E-state index in [1.54, 1.807) is 25.2 Å². The first-order chi connectivity index (χ1) is 12.3. The summed E-state index contributed by atoms with van der Waals surface area (Å²) < 4.78 is 5.53. The van der Waals surface area contributed by atoms with E-state index in [4.69, 9.17) is 16.3 Å². The van der Waals surface area contributed by atoms with Gasteiger partial charge in [-0.15, -0.1) is 0 Å². The minimum atomic E-state index is -0.282. The number of ether oxygens (including phenoxy) is 1. The minimum absolute atomic E-state index is 0.0465. The van der Waals surface area contributed by atoms with E-state index in [1.807, 2.05) is 39.0 Å². The predicted octanol–water partition coefficient (Wildman–Crippen LogP) is 3.74. The lowest BCUT2D eigenvalue weighted by atomic mass is 10.1. The van der Waals surface area contributed by atoms with Crippen LogP contribution in [0.5, 0.6) is 5.75 Å². The number of hydrogen-bond acceptors (Lipinski definition) is 3. The van der Waals surface area contributed by atoms with E-state index in [-0.39, 0.29) is 25.0 Å². The number of benzene rings is 2. The van der Waals surface area contributed by atoms with Crippen LogP contribution in [0.2, 0.25) is 5.02 Å². The number of anilines is 1. The number of carbonyl (C=O) groups is 2. The number of likely N-dealkylation sites (N-methyl/N-ethyl adjacent to an activating group) is 1. The Morgan fingerprint density at radius 2 is 1.85 bits per heavy atom. The SMILES string of the molecule is Cc1cc(Cl)ccc1OCC(=O)N(C)CC(=O)Nc1cccc(C)c1C. The van der Waals surface area contributed by atoms with Crippen molar-refractivity contribution in [3.05, 3.63) is 58.1 Å². The van der Waals surface area contributed by atoms with Gasteiger partial charge in [0.2, 0.25) is 5.91 Å². The molecular formula is C20H23ClN2O3. The molecule has 2 aromatic carbocycles. The summed E-state index contributed by atoms with van der Waals surface area (Å²) in [6.45, 7) is 5.59. The Labute approximate surface area is 158 Å². The molecule has 0 saturated carbocycles. The molecule has 2 rings (SSSR count). The summed E-state index contributed by atoms with van der Waals surface area (Å²) in [5, 5.41) is 3.45. The summed E-state index contributed by atoms with van der Waals surface area (Å²) in [4.78, 5) is 25.7. The summed E-state index contributed by atoms with van der Waals surface area (Å²) in [6, 6.07) is 10.9. The molecule has 1 N–H and O–H groups in total.